The van der Waals surface area contributed by atoms with E-state index in [9.17, 15) is 9.90 Å². The zero-order valence-electron chi connectivity index (χ0n) is 10.6. The van der Waals surface area contributed by atoms with Crippen LogP contribution in [0.5, 0.6) is 5.75 Å². The summed E-state index contributed by atoms with van der Waals surface area (Å²) in [5, 5.41) is 9.49. The Labute approximate surface area is 110 Å². The van der Waals surface area contributed by atoms with Crippen LogP contribution in [-0.2, 0) is 13.6 Å². The first-order valence-corrected chi connectivity index (χ1v) is 6.09. The quantitative estimate of drug-likeness (QED) is 0.761. The number of hydrogen-bond donors (Lipinski definition) is 1. The molecule has 2 aromatic carbocycles. The number of benzene rings is 2. The SMILES string of the molecule is Cn1c(=O)n(Cc2cccc(O)c2)c2ccccc21. The van der Waals surface area contributed by atoms with Crippen LogP contribution in [0.25, 0.3) is 11.0 Å². The fourth-order valence-corrected chi connectivity index (χ4v) is 2.35. The van der Waals surface area contributed by atoms with Crippen LogP contribution in [0, 0.1) is 0 Å². The maximum atomic E-state index is 12.2. The van der Waals surface area contributed by atoms with Crippen LogP contribution in [-0.4, -0.2) is 14.2 Å². The minimum atomic E-state index is -0.0513. The van der Waals surface area contributed by atoms with E-state index in [2.05, 4.69) is 0 Å². The molecule has 4 heteroatoms. The van der Waals surface area contributed by atoms with Crippen molar-refractivity contribution >= 4 is 11.0 Å². The molecule has 1 aromatic heterocycles. The molecule has 19 heavy (non-hydrogen) atoms. The molecule has 0 saturated carbocycles. The first-order valence-electron chi connectivity index (χ1n) is 6.09. The molecular weight excluding hydrogens is 240 g/mol. The molecule has 0 saturated heterocycles. The van der Waals surface area contributed by atoms with Gasteiger partial charge in [-0.1, -0.05) is 24.3 Å². The highest BCUT2D eigenvalue weighted by molar-refractivity contribution is 5.75. The molecule has 0 atom stereocenters. The van der Waals surface area contributed by atoms with Gasteiger partial charge in [0.15, 0.2) is 0 Å². The predicted octanol–water partition coefficient (Wildman–Crippen LogP) is 2.09. The molecule has 0 spiro atoms. The second-order valence-electron chi connectivity index (χ2n) is 4.59. The monoisotopic (exact) mass is 254 g/mol. The van der Waals surface area contributed by atoms with E-state index in [1.54, 1.807) is 34.4 Å². The standard InChI is InChI=1S/C15H14N2O2/c1-16-13-7-2-3-8-14(13)17(15(16)19)10-11-5-4-6-12(18)9-11/h2-9,18H,10H2,1H3. The van der Waals surface area contributed by atoms with Gasteiger partial charge in [-0.2, -0.15) is 0 Å². The minimum absolute atomic E-state index is 0.0513. The number of aromatic nitrogens is 2. The summed E-state index contributed by atoms with van der Waals surface area (Å²) in [4.78, 5) is 12.2. The van der Waals surface area contributed by atoms with Gasteiger partial charge in [0.1, 0.15) is 5.75 Å². The van der Waals surface area contributed by atoms with Gasteiger partial charge < -0.3 is 5.11 Å². The molecular formula is C15H14N2O2. The Morgan fingerprint density at radius 3 is 2.53 bits per heavy atom. The summed E-state index contributed by atoms with van der Waals surface area (Å²) < 4.78 is 3.35. The third-order valence-corrected chi connectivity index (χ3v) is 3.30. The summed E-state index contributed by atoms with van der Waals surface area (Å²) in [5.74, 6) is 0.214. The first-order chi connectivity index (χ1) is 9.16. The molecule has 0 unspecified atom stereocenters. The molecule has 1 N–H and O–H groups in total. The number of phenolic OH excluding ortho intramolecular Hbond substituents is 1. The molecule has 0 aliphatic rings. The fourth-order valence-electron chi connectivity index (χ4n) is 2.35. The van der Waals surface area contributed by atoms with Crippen molar-refractivity contribution in [2.45, 2.75) is 6.54 Å². The van der Waals surface area contributed by atoms with Crippen LogP contribution in [0.15, 0.2) is 53.3 Å². The van der Waals surface area contributed by atoms with Gasteiger partial charge in [0.25, 0.3) is 0 Å². The molecule has 0 fully saturated rings. The predicted molar refractivity (Wildman–Crippen MR) is 74.4 cm³/mol. The third-order valence-electron chi connectivity index (χ3n) is 3.30. The molecule has 3 rings (SSSR count). The summed E-state index contributed by atoms with van der Waals surface area (Å²) >= 11 is 0. The number of rotatable bonds is 2. The van der Waals surface area contributed by atoms with Crippen LogP contribution in [0.3, 0.4) is 0 Å². The Morgan fingerprint density at radius 1 is 1.05 bits per heavy atom. The Balaban J connectivity index is 2.16. The summed E-state index contributed by atoms with van der Waals surface area (Å²) in [7, 11) is 1.77. The number of phenols is 1. The van der Waals surface area contributed by atoms with E-state index >= 15 is 0 Å². The lowest BCUT2D eigenvalue weighted by molar-refractivity contribution is 0.474. The number of aryl methyl sites for hydroxylation is 1. The first kappa shape index (κ1) is 11.6. The van der Waals surface area contributed by atoms with Crippen LogP contribution < -0.4 is 5.69 Å². The number of imidazole rings is 1. The van der Waals surface area contributed by atoms with E-state index in [0.29, 0.717) is 6.54 Å². The van der Waals surface area contributed by atoms with E-state index in [-0.39, 0.29) is 11.4 Å². The van der Waals surface area contributed by atoms with E-state index < -0.39 is 0 Å². The lowest BCUT2D eigenvalue weighted by Gasteiger charge is -2.04. The second kappa shape index (κ2) is 4.31. The van der Waals surface area contributed by atoms with Gasteiger partial charge in [-0.15, -0.1) is 0 Å². The van der Waals surface area contributed by atoms with Gasteiger partial charge in [0, 0.05) is 7.05 Å². The van der Waals surface area contributed by atoms with Crippen molar-refractivity contribution in [3.05, 3.63) is 64.6 Å². The Hall–Kier alpha value is -2.49. The van der Waals surface area contributed by atoms with E-state index in [0.717, 1.165) is 16.6 Å². The van der Waals surface area contributed by atoms with Crippen molar-refractivity contribution in [3.63, 3.8) is 0 Å². The Morgan fingerprint density at radius 2 is 1.79 bits per heavy atom. The van der Waals surface area contributed by atoms with Crippen molar-refractivity contribution in [3.8, 4) is 5.75 Å². The van der Waals surface area contributed by atoms with E-state index in [4.69, 9.17) is 0 Å². The van der Waals surface area contributed by atoms with Crippen molar-refractivity contribution in [1.29, 1.82) is 0 Å². The van der Waals surface area contributed by atoms with Crippen molar-refractivity contribution < 1.29 is 5.11 Å². The maximum Gasteiger partial charge on any atom is 0.329 e. The summed E-state index contributed by atoms with van der Waals surface area (Å²) in [6.07, 6.45) is 0. The average molecular weight is 254 g/mol. The zero-order valence-corrected chi connectivity index (χ0v) is 10.6. The average Bonchev–Trinajstić information content (AvgIpc) is 2.65. The van der Waals surface area contributed by atoms with Gasteiger partial charge >= 0.3 is 5.69 Å². The van der Waals surface area contributed by atoms with Gasteiger partial charge in [-0.05, 0) is 29.8 Å². The number of para-hydroxylation sites is 2. The molecule has 3 aromatic rings. The number of aromatic hydroxyl groups is 1. The summed E-state index contributed by atoms with van der Waals surface area (Å²) in [6.45, 7) is 0.453. The highest BCUT2D eigenvalue weighted by atomic mass is 16.3. The van der Waals surface area contributed by atoms with Gasteiger partial charge in [-0.25, -0.2) is 4.79 Å². The van der Waals surface area contributed by atoms with Crippen LogP contribution in [0.2, 0.25) is 0 Å². The van der Waals surface area contributed by atoms with Crippen molar-refractivity contribution in [2.24, 2.45) is 7.05 Å². The fraction of sp³-hybridized carbons (Fsp3) is 0.133. The van der Waals surface area contributed by atoms with E-state index in [1.807, 2.05) is 30.3 Å². The van der Waals surface area contributed by atoms with Crippen LogP contribution in [0.1, 0.15) is 5.56 Å². The molecule has 0 aliphatic carbocycles. The van der Waals surface area contributed by atoms with E-state index in [1.165, 1.54) is 0 Å². The highest BCUT2D eigenvalue weighted by Crippen LogP contribution is 2.15. The lowest BCUT2D eigenvalue weighted by Crippen LogP contribution is -2.22. The van der Waals surface area contributed by atoms with Crippen LogP contribution >= 0.6 is 0 Å². The van der Waals surface area contributed by atoms with Gasteiger partial charge in [0.2, 0.25) is 0 Å². The number of hydrogen-bond acceptors (Lipinski definition) is 2. The van der Waals surface area contributed by atoms with Gasteiger partial charge in [-0.3, -0.25) is 9.13 Å². The Kier molecular flexibility index (Phi) is 2.63. The zero-order chi connectivity index (χ0) is 13.4. The highest BCUT2D eigenvalue weighted by Gasteiger charge is 2.10. The number of fused-ring (bicyclic) bond motifs is 1. The smallest absolute Gasteiger partial charge is 0.329 e. The molecule has 96 valence electrons. The van der Waals surface area contributed by atoms with Crippen LogP contribution in [0.4, 0.5) is 0 Å². The normalized spacial score (nSPS) is 11.0. The second-order valence-corrected chi connectivity index (χ2v) is 4.59. The molecule has 0 aliphatic heterocycles. The topological polar surface area (TPSA) is 47.2 Å². The molecule has 1 heterocycles. The third kappa shape index (κ3) is 1.91. The summed E-state index contributed by atoms with van der Waals surface area (Å²) in [5.41, 5.74) is 2.66. The number of nitrogens with zero attached hydrogens (tertiary/aromatic N) is 2. The van der Waals surface area contributed by atoms with Crippen molar-refractivity contribution in [2.75, 3.05) is 0 Å². The molecule has 0 bridgehead atoms. The molecule has 0 amide bonds. The maximum absolute atomic E-state index is 12.2. The lowest BCUT2D eigenvalue weighted by atomic mass is 10.2. The largest absolute Gasteiger partial charge is 0.508 e. The van der Waals surface area contributed by atoms with Crippen molar-refractivity contribution in [1.82, 2.24) is 9.13 Å². The summed E-state index contributed by atoms with van der Waals surface area (Å²) in [6, 6.07) is 14.7. The Bertz CT molecular complexity index is 799. The molecule has 0 radical (unpaired) electrons. The van der Waals surface area contributed by atoms with Gasteiger partial charge in [0.05, 0.1) is 17.6 Å². The minimum Gasteiger partial charge on any atom is -0.508 e. The molecule has 4 nitrogen and oxygen atoms in total.